The first-order valence-electron chi connectivity index (χ1n) is 7.47. The number of amides is 2. The lowest BCUT2D eigenvalue weighted by molar-refractivity contribution is 0.252. The van der Waals surface area contributed by atoms with Crippen LogP contribution in [0.25, 0.3) is 0 Å². The van der Waals surface area contributed by atoms with Crippen LogP contribution in [0.3, 0.4) is 0 Å². The van der Waals surface area contributed by atoms with Crippen LogP contribution in [0, 0.1) is 13.8 Å². The van der Waals surface area contributed by atoms with Crippen LogP contribution in [-0.4, -0.2) is 12.2 Å². The molecule has 23 heavy (non-hydrogen) atoms. The Labute approximate surface area is 146 Å². The Kier molecular flexibility index (Phi) is 8.05. The number of carbonyl (C=O) groups excluding carboxylic acids is 1. The fraction of sp³-hybridized carbons (Fsp3) is 0.222. The summed E-state index contributed by atoms with van der Waals surface area (Å²) in [6, 6.07) is 13.1. The lowest BCUT2D eigenvalue weighted by atomic mass is 10.1. The minimum atomic E-state index is -0.365. The Hall–Kier alpha value is -2.14. The number of nitrogens with zero attached hydrogens (tertiary/aromatic N) is 1. The molecule has 0 aromatic heterocycles. The van der Waals surface area contributed by atoms with Gasteiger partial charge in [-0.25, -0.2) is 10.2 Å². The van der Waals surface area contributed by atoms with Gasteiger partial charge < -0.3 is 5.32 Å². The van der Waals surface area contributed by atoms with Gasteiger partial charge in [0.2, 0.25) is 0 Å². The smallest absolute Gasteiger partial charge is 0.306 e. The number of carbonyl (C=O) groups is 1. The first kappa shape index (κ1) is 18.9. The maximum absolute atomic E-state index is 11.8. The van der Waals surface area contributed by atoms with Gasteiger partial charge in [-0.2, -0.15) is 5.10 Å². The van der Waals surface area contributed by atoms with Crippen LogP contribution in [0.1, 0.15) is 30.5 Å². The number of aryl methyl sites for hydroxylation is 2. The number of nitrogens with one attached hydrogen (secondary N) is 2. The van der Waals surface area contributed by atoms with Gasteiger partial charge in [0.1, 0.15) is 0 Å². The molecule has 2 aromatic rings. The van der Waals surface area contributed by atoms with Gasteiger partial charge in [0, 0.05) is 10.2 Å². The molecule has 0 unspecified atom stereocenters. The van der Waals surface area contributed by atoms with E-state index in [1.54, 1.807) is 6.21 Å². The molecular formula is C18H22BrN3O. The van der Waals surface area contributed by atoms with Crippen molar-refractivity contribution in [1.29, 1.82) is 0 Å². The summed E-state index contributed by atoms with van der Waals surface area (Å²) in [6.07, 6.45) is 1.59. The van der Waals surface area contributed by atoms with E-state index in [4.69, 9.17) is 0 Å². The van der Waals surface area contributed by atoms with Gasteiger partial charge in [-0.3, -0.25) is 0 Å². The van der Waals surface area contributed by atoms with Crippen LogP contribution in [-0.2, 0) is 0 Å². The second-order valence-electron chi connectivity index (χ2n) is 4.69. The monoisotopic (exact) mass is 375 g/mol. The number of rotatable bonds is 3. The topological polar surface area (TPSA) is 53.5 Å². The maximum Gasteiger partial charge on any atom is 0.339 e. The van der Waals surface area contributed by atoms with E-state index in [1.165, 1.54) is 0 Å². The number of hydrazone groups is 1. The zero-order valence-electron chi connectivity index (χ0n) is 13.9. The highest BCUT2D eigenvalue weighted by molar-refractivity contribution is 9.10. The molecule has 0 fully saturated rings. The van der Waals surface area contributed by atoms with Crippen molar-refractivity contribution < 1.29 is 4.79 Å². The van der Waals surface area contributed by atoms with Crippen molar-refractivity contribution in [2.75, 3.05) is 5.32 Å². The largest absolute Gasteiger partial charge is 0.339 e. The predicted molar refractivity (Wildman–Crippen MR) is 101 cm³/mol. The van der Waals surface area contributed by atoms with Gasteiger partial charge in [-0.15, -0.1) is 0 Å². The van der Waals surface area contributed by atoms with E-state index in [0.29, 0.717) is 0 Å². The third kappa shape index (κ3) is 6.65. The third-order valence-electron chi connectivity index (χ3n) is 2.88. The fourth-order valence-corrected chi connectivity index (χ4v) is 2.08. The zero-order valence-corrected chi connectivity index (χ0v) is 15.4. The number of hydrogen-bond acceptors (Lipinski definition) is 2. The molecule has 2 amide bonds. The van der Waals surface area contributed by atoms with Crippen LogP contribution < -0.4 is 10.7 Å². The Bertz CT molecular complexity index is 666. The van der Waals surface area contributed by atoms with Crippen molar-refractivity contribution in [1.82, 2.24) is 5.43 Å². The molecule has 122 valence electrons. The standard InChI is InChI=1S/C16H16BrN3O.C2H6/c1-11-3-8-15(12(2)9-11)19-16(21)20-18-10-13-4-6-14(17)7-5-13;1-2/h3-10H,1-2H3,(H2,19,20,21);1-2H3/b18-10+;. The Morgan fingerprint density at radius 2 is 1.74 bits per heavy atom. The SMILES string of the molecule is CC.Cc1ccc(NC(=O)N/N=C/c2ccc(Br)cc2)c(C)c1. The second kappa shape index (κ2) is 9.79. The van der Waals surface area contributed by atoms with Crippen LogP contribution in [0.5, 0.6) is 0 Å². The number of halogens is 1. The number of urea groups is 1. The van der Waals surface area contributed by atoms with E-state index in [2.05, 4.69) is 31.8 Å². The molecule has 0 radical (unpaired) electrons. The summed E-state index contributed by atoms with van der Waals surface area (Å²) in [6.45, 7) is 7.97. The molecule has 0 spiro atoms. The number of anilines is 1. The summed E-state index contributed by atoms with van der Waals surface area (Å²) in [7, 11) is 0. The van der Waals surface area contributed by atoms with Crippen molar-refractivity contribution in [3.8, 4) is 0 Å². The van der Waals surface area contributed by atoms with Gasteiger partial charge in [-0.1, -0.05) is 59.6 Å². The van der Waals surface area contributed by atoms with Crippen LogP contribution >= 0.6 is 15.9 Å². The molecule has 2 rings (SSSR count). The summed E-state index contributed by atoms with van der Waals surface area (Å²) < 4.78 is 1.00. The van der Waals surface area contributed by atoms with Crippen molar-refractivity contribution >= 4 is 33.9 Å². The number of hydrogen-bond donors (Lipinski definition) is 2. The van der Waals surface area contributed by atoms with Crippen LogP contribution in [0.4, 0.5) is 10.5 Å². The molecule has 5 heteroatoms. The van der Waals surface area contributed by atoms with Crippen LogP contribution in [0.2, 0.25) is 0 Å². The number of benzene rings is 2. The Morgan fingerprint density at radius 1 is 1.09 bits per heavy atom. The summed E-state index contributed by atoms with van der Waals surface area (Å²) in [4.78, 5) is 11.8. The molecule has 0 aliphatic rings. The molecule has 2 N–H and O–H groups in total. The van der Waals surface area contributed by atoms with Gasteiger partial charge in [0.15, 0.2) is 0 Å². The van der Waals surface area contributed by atoms with Crippen molar-refractivity contribution in [2.45, 2.75) is 27.7 Å². The molecule has 0 aliphatic heterocycles. The van der Waals surface area contributed by atoms with Gasteiger partial charge in [0.25, 0.3) is 0 Å². The fourth-order valence-electron chi connectivity index (χ4n) is 1.82. The molecule has 0 heterocycles. The molecule has 0 aliphatic carbocycles. The minimum absolute atomic E-state index is 0.365. The second-order valence-corrected chi connectivity index (χ2v) is 5.61. The van der Waals surface area contributed by atoms with Gasteiger partial charge in [-0.05, 0) is 43.2 Å². The molecule has 0 atom stereocenters. The Morgan fingerprint density at radius 3 is 2.35 bits per heavy atom. The molecule has 0 saturated heterocycles. The molecule has 2 aromatic carbocycles. The van der Waals surface area contributed by atoms with Crippen molar-refractivity contribution in [3.63, 3.8) is 0 Å². The maximum atomic E-state index is 11.8. The van der Waals surface area contributed by atoms with Gasteiger partial charge in [0.05, 0.1) is 6.21 Å². The highest BCUT2D eigenvalue weighted by Gasteiger charge is 2.02. The van der Waals surface area contributed by atoms with E-state index in [1.807, 2.05) is 70.2 Å². The van der Waals surface area contributed by atoms with Crippen molar-refractivity contribution in [2.24, 2.45) is 5.10 Å². The summed E-state index contributed by atoms with van der Waals surface area (Å²) in [5.41, 5.74) is 6.30. The average molecular weight is 376 g/mol. The summed E-state index contributed by atoms with van der Waals surface area (Å²) in [5, 5.41) is 6.67. The van der Waals surface area contributed by atoms with E-state index in [0.717, 1.165) is 26.9 Å². The first-order valence-corrected chi connectivity index (χ1v) is 8.27. The Balaban J connectivity index is 0.00000127. The normalized spacial score (nSPS) is 9.96. The van der Waals surface area contributed by atoms with E-state index >= 15 is 0 Å². The third-order valence-corrected chi connectivity index (χ3v) is 3.41. The van der Waals surface area contributed by atoms with Crippen LogP contribution in [0.15, 0.2) is 52.0 Å². The minimum Gasteiger partial charge on any atom is -0.306 e. The molecular weight excluding hydrogens is 354 g/mol. The molecule has 0 bridgehead atoms. The van der Waals surface area contributed by atoms with E-state index < -0.39 is 0 Å². The lowest BCUT2D eigenvalue weighted by Crippen LogP contribution is -2.24. The van der Waals surface area contributed by atoms with E-state index in [9.17, 15) is 4.79 Å². The highest BCUT2D eigenvalue weighted by atomic mass is 79.9. The molecule has 4 nitrogen and oxygen atoms in total. The van der Waals surface area contributed by atoms with Crippen molar-refractivity contribution in [3.05, 3.63) is 63.6 Å². The highest BCUT2D eigenvalue weighted by Crippen LogP contribution is 2.15. The summed E-state index contributed by atoms with van der Waals surface area (Å²) >= 11 is 3.36. The first-order chi connectivity index (χ1) is 11.0. The van der Waals surface area contributed by atoms with E-state index in [-0.39, 0.29) is 6.03 Å². The molecule has 0 saturated carbocycles. The van der Waals surface area contributed by atoms with Gasteiger partial charge >= 0.3 is 6.03 Å². The predicted octanol–water partition coefficient (Wildman–Crippen LogP) is 5.25. The quantitative estimate of drug-likeness (QED) is 0.558. The summed E-state index contributed by atoms with van der Waals surface area (Å²) in [5.74, 6) is 0. The zero-order chi connectivity index (χ0) is 17.2. The average Bonchev–Trinajstić information content (AvgIpc) is 2.54. The lowest BCUT2D eigenvalue weighted by Gasteiger charge is -2.08.